The van der Waals surface area contributed by atoms with Crippen LogP contribution >= 0.6 is 0 Å². The van der Waals surface area contributed by atoms with Crippen molar-refractivity contribution in [2.24, 2.45) is 7.05 Å². The Morgan fingerprint density at radius 2 is 1.84 bits per heavy atom. The van der Waals surface area contributed by atoms with Gasteiger partial charge in [-0.3, -0.25) is 19.5 Å². The van der Waals surface area contributed by atoms with Crippen molar-refractivity contribution >= 4 is 5.91 Å². The highest BCUT2D eigenvalue weighted by Gasteiger charge is 2.23. The van der Waals surface area contributed by atoms with Gasteiger partial charge in [-0.05, 0) is 51.4 Å². The molecular weight excluding hydrogens is 388 g/mol. The molecular formula is C24H32N6O. The molecule has 0 radical (unpaired) electrons. The Morgan fingerprint density at radius 1 is 1.13 bits per heavy atom. The Balaban J connectivity index is 1.48. The molecule has 1 amide bonds. The summed E-state index contributed by atoms with van der Waals surface area (Å²) in [6.07, 6.45) is 6.91. The van der Waals surface area contributed by atoms with Gasteiger partial charge in [0.2, 0.25) is 0 Å². The van der Waals surface area contributed by atoms with Gasteiger partial charge in [0.05, 0.1) is 17.4 Å². The quantitative estimate of drug-likeness (QED) is 0.636. The van der Waals surface area contributed by atoms with Gasteiger partial charge in [0.15, 0.2) is 0 Å². The number of nitrogens with zero attached hydrogens (tertiary/aromatic N) is 4. The van der Waals surface area contributed by atoms with Crippen LogP contribution in [0, 0.1) is 13.8 Å². The van der Waals surface area contributed by atoms with E-state index in [1.807, 2.05) is 20.2 Å². The van der Waals surface area contributed by atoms with Crippen LogP contribution < -0.4 is 5.32 Å². The monoisotopic (exact) mass is 420 g/mol. The average molecular weight is 421 g/mol. The number of hydrogen-bond donors (Lipinski definition) is 2. The third-order valence-corrected chi connectivity index (χ3v) is 6.11. The Hall–Kier alpha value is -2.93. The Bertz CT molecular complexity index is 1010. The van der Waals surface area contributed by atoms with Gasteiger partial charge in [0.1, 0.15) is 5.69 Å². The minimum atomic E-state index is -0.132. The lowest BCUT2D eigenvalue weighted by Gasteiger charge is -2.31. The first-order chi connectivity index (χ1) is 15.0. The average Bonchev–Trinajstić information content (AvgIpc) is 3.27. The van der Waals surface area contributed by atoms with Gasteiger partial charge in [-0.2, -0.15) is 10.2 Å². The van der Waals surface area contributed by atoms with Crippen molar-refractivity contribution in [2.75, 3.05) is 19.6 Å². The van der Waals surface area contributed by atoms with Crippen LogP contribution in [0.4, 0.5) is 0 Å². The molecule has 1 fully saturated rings. The number of rotatable bonds is 6. The first-order valence-corrected chi connectivity index (χ1v) is 11.2. The zero-order valence-electron chi connectivity index (χ0n) is 18.7. The van der Waals surface area contributed by atoms with Crippen LogP contribution in [-0.4, -0.2) is 50.4 Å². The van der Waals surface area contributed by atoms with Crippen molar-refractivity contribution in [1.82, 2.24) is 30.2 Å². The van der Waals surface area contributed by atoms with E-state index in [1.54, 1.807) is 10.7 Å². The molecule has 3 heterocycles. The van der Waals surface area contributed by atoms with Gasteiger partial charge in [-0.15, -0.1) is 0 Å². The van der Waals surface area contributed by atoms with E-state index in [2.05, 4.69) is 56.7 Å². The molecule has 31 heavy (non-hydrogen) atoms. The lowest BCUT2D eigenvalue weighted by Crippen LogP contribution is -2.38. The van der Waals surface area contributed by atoms with Crippen molar-refractivity contribution in [3.63, 3.8) is 0 Å². The zero-order chi connectivity index (χ0) is 21.8. The molecule has 3 aromatic rings. The zero-order valence-corrected chi connectivity index (χ0v) is 18.7. The molecule has 0 bridgehead atoms. The maximum atomic E-state index is 12.9. The van der Waals surface area contributed by atoms with Gasteiger partial charge in [-0.25, -0.2) is 0 Å². The number of nitrogens with one attached hydrogen (secondary N) is 2. The van der Waals surface area contributed by atoms with Crippen molar-refractivity contribution in [3.05, 3.63) is 59.0 Å². The lowest BCUT2D eigenvalue weighted by atomic mass is 10.0. The van der Waals surface area contributed by atoms with E-state index in [9.17, 15) is 4.79 Å². The Morgan fingerprint density at radius 3 is 2.48 bits per heavy atom. The van der Waals surface area contributed by atoms with Gasteiger partial charge >= 0.3 is 0 Å². The van der Waals surface area contributed by atoms with Crippen molar-refractivity contribution in [3.8, 4) is 11.3 Å². The van der Waals surface area contributed by atoms with Crippen LogP contribution in [0.2, 0.25) is 0 Å². The number of aromatic nitrogens is 4. The molecule has 4 rings (SSSR count). The molecule has 0 unspecified atom stereocenters. The van der Waals surface area contributed by atoms with Gasteiger partial charge in [0.25, 0.3) is 5.91 Å². The van der Waals surface area contributed by atoms with E-state index in [4.69, 9.17) is 0 Å². The van der Waals surface area contributed by atoms with E-state index >= 15 is 0 Å². The van der Waals surface area contributed by atoms with Crippen LogP contribution in [0.5, 0.6) is 0 Å². The van der Waals surface area contributed by atoms with Gasteiger partial charge in [0, 0.05) is 25.4 Å². The van der Waals surface area contributed by atoms with E-state index in [0.29, 0.717) is 12.2 Å². The fourth-order valence-electron chi connectivity index (χ4n) is 4.36. The van der Waals surface area contributed by atoms with Crippen molar-refractivity contribution in [1.29, 1.82) is 0 Å². The molecule has 0 saturated carbocycles. The predicted molar refractivity (Wildman–Crippen MR) is 122 cm³/mol. The highest BCUT2D eigenvalue weighted by atomic mass is 16.1. The summed E-state index contributed by atoms with van der Waals surface area (Å²) in [4.78, 5) is 15.4. The van der Waals surface area contributed by atoms with Crippen LogP contribution in [-0.2, 0) is 7.05 Å². The van der Waals surface area contributed by atoms with Crippen LogP contribution in [0.15, 0.2) is 36.5 Å². The Kier molecular flexibility index (Phi) is 6.51. The summed E-state index contributed by atoms with van der Waals surface area (Å²) in [7, 11) is 1.88. The molecule has 2 N–H and O–H groups in total. The van der Waals surface area contributed by atoms with Crippen LogP contribution in [0.1, 0.15) is 59.0 Å². The van der Waals surface area contributed by atoms with E-state index in [0.717, 1.165) is 30.0 Å². The first kappa shape index (κ1) is 21.3. The van der Waals surface area contributed by atoms with Crippen molar-refractivity contribution < 1.29 is 4.79 Å². The first-order valence-electron chi connectivity index (χ1n) is 11.2. The number of hydrogen-bond acceptors (Lipinski definition) is 4. The minimum absolute atomic E-state index is 0.132. The summed E-state index contributed by atoms with van der Waals surface area (Å²) < 4.78 is 1.76. The number of carbonyl (C=O) groups excluding carboxylic acids is 1. The second-order valence-electron chi connectivity index (χ2n) is 8.56. The molecule has 1 aromatic carbocycles. The molecule has 0 spiro atoms. The summed E-state index contributed by atoms with van der Waals surface area (Å²) in [5.41, 5.74) is 5.53. The maximum absolute atomic E-state index is 12.9. The van der Waals surface area contributed by atoms with E-state index in [-0.39, 0.29) is 11.9 Å². The fourth-order valence-corrected chi connectivity index (χ4v) is 4.36. The summed E-state index contributed by atoms with van der Waals surface area (Å²) in [6, 6.07) is 10.7. The SMILES string of the molecule is Cc1ccc([C@@H](CNC(=O)c2cc(-c3cn(C)nc3C)n[nH]2)N2CCCCCC2)cc1. The summed E-state index contributed by atoms with van der Waals surface area (Å²) in [5, 5.41) is 14.7. The molecule has 1 aliphatic heterocycles. The number of H-pyrrole nitrogens is 1. The fraction of sp³-hybridized carbons (Fsp3) is 0.458. The van der Waals surface area contributed by atoms with Crippen LogP contribution in [0.25, 0.3) is 11.3 Å². The molecule has 7 heteroatoms. The standard InChI is InChI=1S/C24H32N6O/c1-17-8-10-19(11-9-17)23(30-12-6-4-5-7-13-30)15-25-24(31)22-14-21(26-27-22)20-16-29(3)28-18(20)2/h8-11,14,16,23H,4-7,12-13,15H2,1-3H3,(H,25,31)(H,26,27)/t23-/m1/s1. The molecule has 164 valence electrons. The topological polar surface area (TPSA) is 78.8 Å². The van der Waals surface area contributed by atoms with Gasteiger partial charge in [-0.1, -0.05) is 42.7 Å². The number of likely N-dealkylation sites (tertiary alicyclic amines) is 1. The molecule has 1 saturated heterocycles. The number of carbonyl (C=O) groups is 1. The second-order valence-corrected chi connectivity index (χ2v) is 8.56. The molecule has 1 aliphatic rings. The normalized spacial score (nSPS) is 16.1. The van der Waals surface area contributed by atoms with E-state index < -0.39 is 0 Å². The highest BCUT2D eigenvalue weighted by Crippen LogP contribution is 2.25. The molecule has 0 aliphatic carbocycles. The smallest absolute Gasteiger partial charge is 0.269 e. The summed E-state index contributed by atoms with van der Waals surface area (Å²) >= 11 is 0. The predicted octanol–water partition coefficient (Wildman–Crippen LogP) is 3.77. The number of amides is 1. The van der Waals surface area contributed by atoms with E-state index in [1.165, 1.54) is 36.8 Å². The Labute approximate surface area is 183 Å². The minimum Gasteiger partial charge on any atom is -0.349 e. The van der Waals surface area contributed by atoms with Crippen LogP contribution in [0.3, 0.4) is 0 Å². The lowest BCUT2D eigenvalue weighted by molar-refractivity contribution is 0.0928. The van der Waals surface area contributed by atoms with Crippen molar-refractivity contribution in [2.45, 2.75) is 45.6 Å². The summed E-state index contributed by atoms with van der Waals surface area (Å²) in [5.74, 6) is -0.132. The number of aryl methyl sites for hydroxylation is 3. The third kappa shape index (κ3) is 5.05. The highest BCUT2D eigenvalue weighted by molar-refractivity contribution is 5.93. The number of benzene rings is 1. The third-order valence-electron chi connectivity index (χ3n) is 6.11. The molecule has 1 atom stereocenters. The number of aromatic amines is 1. The maximum Gasteiger partial charge on any atom is 0.269 e. The second kappa shape index (κ2) is 9.47. The molecule has 2 aromatic heterocycles. The molecule has 7 nitrogen and oxygen atoms in total. The largest absolute Gasteiger partial charge is 0.349 e. The summed E-state index contributed by atoms with van der Waals surface area (Å²) in [6.45, 7) is 6.76. The van der Waals surface area contributed by atoms with Gasteiger partial charge < -0.3 is 5.32 Å².